The van der Waals surface area contributed by atoms with Crippen LogP contribution in [-0.4, -0.2) is 47.7 Å². The Balaban J connectivity index is 1.49. The van der Waals surface area contributed by atoms with Crippen molar-refractivity contribution in [2.75, 3.05) is 20.6 Å². The number of nitrogens with one attached hydrogen (secondary N) is 1. The molecule has 2 aromatic carbocycles. The van der Waals surface area contributed by atoms with Crippen molar-refractivity contribution >= 4 is 17.2 Å². The highest BCUT2D eigenvalue weighted by molar-refractivity contribution is 7.17. The number of carbonyl (C=O) groups excluding carboxylic acids is 1. The number of benzene rings is 2. The second kappa shape index (κ2) is 11.0. The third-order valence-electron chi connectivity index (χ3n) is 6.09. The molecule has 0 aliphatic heterocycles. The van der Waals surface area contributed by atoms with Gasteiger partial charge in [0.1, 0.15) is 21.8 Å². The molecule has 1 aromatic heterocycles. The van der Waals surface area contributed by atoms with E-state index in [9.17, 15) is 10.1 Å². The lowest BCUT2D eigenvalue weighted by molar-refractivity contribution is -0.128. The zero-order valence-corrected chi connectivity index (χ0v) is 21.5. The van der Waals surface area contributed by atoms with Gasteiger partial charge in [0.2, 0.25) is 5.91 Å². The number of nitriles is 1. The van der Waals surface area contributed by atoms with E-state index in [-0.39, 0.29) is 12.0 Å². The van der Waals surface area contributed by atoms with Crippen LogP contribution in [-0.2, 0) is 11.2 Å². The summed E-state index contributed by atoms with van der Waals surface area (Å²) in [5.41, 5.74) is 5.10. The molecule has 3 aromatic rings. The lowest BCUT2D eigenvalue weighted by Gasteiger charge is -2.15. The molecule has 0 fully saturated rings. The van der Waals surface area contributed by atoms with Crippen molar-refractivity contribution in [2.24, 2.45) is 0 Å². The first-order valence-corrected chi connectivity index (χ1v) is 12.8. The molecule has 1 aliphatic carbocycles. The summed E-state index contributed by atoms with van der Waals surface area (Å²) >= 11 is 1.54. The van der Waals surface area contributed by atoms with Crippen molar-refractivity contribution in [3.05, 3.63) is 53.1 Å². The van der Waals surface area contributed by atoms with Gasteiger partial charge in [0.05, 0.1) is 11.7 Å². The van der Waals surface area contributed by atoms with E-state index in [1.807, 2.05) is 32.0 Å². The quantitative estimate of drug-likeness (QED) is 0.427. The van der Waals surface area contributed by atoms with Crippen molar-refractivity contribution in [1.82, 2.24) is 20.4 Å². The van der Waals surface area contributed by atoms with E-state index in [2.05, 4.69) is 39.8 Å². The third-order valence-corrected chi connectivity index (χ3v) is 7.10. The summed E-state index contributed by atoms with van der Waals surface area (Å²) in [5, 5.41) is 23.8. The van der Waals surface area contributed by atoms with Crippen LogP contribution < -0.4 is 10.1 Å². The van der Waals surface area contributed by atoms with E-state index in [0.717, 1.165) is 46.9 Å². The van der Waals surface area contributed by atoms with Crippen LogP contribution in [0.15, 0.2) is 36.4 Å². The van der Waals surface area contributed by atoms with Crippen LogP contribution in [0.2, 0.25) is 0 Å². The number of nitrogens with zero attached hydrogens (tertiary/aromatic N) is 4. The van der Waals surface area contributed by atoms with Crippen LogP contribution in [0.25, 0.3) is 21.1 Å². The van der Waals surface area contributed by atoms with Gasteiger partial charge in [0.25, 0.3) is 0 Å². The molecule has 1 unspecified atom stereocenters. The molecule has 1 heterocycles. The van der Waals surface area contributed by atoms with Crippen LogP contribution in [0.1, 0.15) is 55.8 Å². The van der Waals surface area contributed by atoms with E-state index < -0.39 is 0 Å². The van der Waals surface area contributed by atoms with Crippen LogP contribution in [0.3, 0.4) is 0 Å². The van der Waals surface area contributed by atoms with Crippen LogP contribution in [0.5, 0.6) is 5.75 Å². The first kappa shape index (κ1) is 24.8. The summed E-state index contributed by atoms with van der Waals surface area (Å²) in [5.74, 6) is 0.749. The topological polar surface area (TPSA) is 91.1 Å². The van der Waals surface area contributed by atoms with Gasteiger partial charge in [-0.25, -0.2) is 0 Å². The van der Waals surface area contributed by atoms with Gasteiger partial charge in [-0.15, -0.1) is 10.2 Å². The van der Waals surface area contributed by atoms with Gasteiger partial charge in [-0.3, -0.25) is 4.79 Å². The zero-order valence-electron chi connectivity index (χ0n) is 20.7. The molecule has 0 saturated heterocycles. The maximum Gasteiger partial charge on any atom is 0.222 e. The summed E-state index contributed by atoms with van der Waals surface area (Å²) in [6.45, 7) is 4.70. The molecule has 4 rings (SSSR count). The van der Waals surface area contributed by atoms with Crippen molar-refractivity contribution in [3.63, 3.8) is 0 Å². The zero-order chi connectivity index (χ0) is 24.9. The van der Waals surface area contributed by atoms with E-state index >= 15 is 0 Å². The maximum atomic E-state index is 11.8. The average molecular weight is 490 g/mol. The Labute approximate surface area is 210 Å². The molecule has 182 valence electrons. The fourth-order valence-electron chi connectivity index (χ4n) is 4.36. The molecule has 1 N–H and O–H groups in total. The molecule has 1 aliphatic rings. The van der Waals surface area contributed by atoms with Crippen molar-refractivity contribution in [2.45, 2.75) is 51.7 Å². The van der Waals surface area contributed by atoms with Gasteiger partial charge in [-0.2, -0.15) is 5.26 Å². The standard InChI is InChI=1S/C27H31N5O2S/c1-17(2)34-24-13-10-18(15-19(24)16-28)26-30-31-27(35-26)22-8-5-7-21-20(22)11-12-23(21)29-14-6-9-25(33)32(3)4/h5,7-8,10,13,15,17,23,29H,6,9,11-12,14H2,1-4H3. The number of amides is 1. The lowest BCUT2D eigenvalue weighted by atomic mass is 10.0. The Kier molecular flexibility index (Phi) is 7.79. The summed E-state index contributed by atoms with van der Waals surface area (Å²) in [6, 6.07) is 14.5. The number of carbonyl (C=O) groups is 1. The molecule has 8 heteroatoms. The Morgan fingerprint density at radius 1 is 1.26 bits per heavy atom. The van der Waals surface area contributed by atoms with Crippen molar-refractivity contribution < 1.29 is 9.53 Å². The number of ether oxygens (including phenoxy) is 1. The summed E-state index contributed by atoms with van der Waals surface area (Å²) in [4.78, 5) is 13.4. The Hall–Kier alpha value is -3.28. The lowest BCUT2D eigenvalue weighted by Crippen LogP contribution is -2.25. The smallest absolute Gasteiger partial charge is 0.222 e. The van der Waals surface area contributed by atoms with E-state index in [1.54, 1.807) is 19.0 Å². The second-order valence-electron chi connectivity index (χ2n) is 9.21. The highest BCUT2D eigenvalue weighted by Crippen LogP contribution is 2.40. The van der Waals surface area contributed by atoms with Crippen molar-refractivity contribution in [3.8, 4) is 33.0 Å². The summed E-state index contributed by atoms with van der Waals surface area (Å²) < 4.78 is 5.74. The molecule has 0 spiro atoms. The summed E-state index contributed by atoms with van der Waals surface area (Å²) in [7, 11) is 3.59. The predicted octanol–water partition coefficient (Wildman–Crippen LogP) is 4.98. The molecule has 7 nitrogen and oxygen atoms in total. The number of hydrogen-bond donors (Lipinski definition) is 1. The minimum absolute atomic E-state index is 0.000102. The van der Waals surface area contributed by atoms with Gasteiger partial charge in [-0.05, 0) is 69.0 Å². The number of fused-ring (bicyclic) bond motifs is 1. The number of rotatable bonds is 9. The maximum absolute atomic E-state index is 11.8. The molecule has 1 amide bonds. The first-order valence-electron chi connectivity index (χ1n) is 12.0. The minimum Gasteiger partial charge on any atom is -0.490 e. The molecule has 0 saturated carbocycles. The highest BCUT2D eigenvalue weighted by Gasteiger charge is 2.26. The Bertz CT molecular complexity index is 1240. The van der Waals surface area contributed by atoms with E-state index in [4.69, 9.17) is 4.74 Å². The largest absolute Gasteiger partial charge is 0.490 e. The van der Waals surface area contributed by atoms with Crippen LogP contribution in [0, 0.1) is 11.3 Å². The van der Waals surface area contributed by atoms with Gasteiger partial charge in [0.15, 0.2) is 0 Å². The van der Waals surface area contributed by atoms with E-state index in [1.165, 1.54) is 22.5 Å². The Morgan fingerprint density at radius 2 is 2.06 bits per heavy atom. The van der Waals surface area contributed by atoms with Gasteiger partial charge in [-0.1, -0.05) is 29.5 Å². The highest BCUT2D eigenvalue weighted by atomic mass is 32.1. The van der Waals surface area contributed by atoms with Crippen LogP contribution in [0.4, 0.5) is 0 Å². The monoisotopic (exact) mass is 489 g/mol. The molecular weight excluding hydrogens is 458 g/mol. The molecule has 35 heavy (non-hydrogen) atoms. The molecule has 0 bridgehead atoms. The van der Waals surface area contributed by atoms with Gasteiger partial charge < -0.3 is 15.0 Å². The molecular formula is C27H31N5O2S. The van der Waals surface area contributed by atoms with Crippen molar-refractivity contribution in [1.29, 1.82) is 5.26 Å². The van der Waals surface area contributed by atoms with Gasteiger partial charge in [0, 0.05) is 37.7 Å². The number of hydrogen-bond acceptors (Lipinski definition) is 7. The SMILES string of the molecule is CC(C)Oc1ccc(-c2nnc(-c3cccc4c3CCC4NCCCC(=O)N(C)C)s2)cc1C#N. The second-order valence-corrected chi connectivity index (χ2v) is 10.2. The fourth-order valence-corrected chi connectivity index (χ4v) is 5.25. The average Bonchev–Trinajstić information content (AvgIpc) is 3.49. The Morgan fingerprint density at radius 3 is 2.80 bits per heavy atom. The predicted molar refractivity (Wildman–Crippen MR) is 138 cm³/mol. The normalized spacial score (nSPS) is 14.6. The first-order chi connectivity index (χ1) is 16.9. The number of aromatic nitrogens is 2. The third kappa shape index (κ3) is 5.69. The minimum atomic E-state index is 0.000102. The summed E-state index contributed by atoms with van der Waals surface area (Å²) in [6.07, 6.45) is 3.40. The fraction of sp³-hybridized carbons (Fsp3) is 0.407. The molecule has 1 atom stereocenters. The van der Waals surface area contributed by atoms with Gasteiger partial charge >= 0.3 is 0 Å². The van der Waals surface area contributed by atoms with Crippen LogP contribution >= 0.6 is 11.3 Å². The molecule has 0 radical (unpaired) electrons. The van der Waals surface area contributed by atoms with E-state index in [0.29, 0.717) is 23.8 Å².